The van der Waals surface area contributed by atoms with E-state index in [1.807, 2.05) is 25.1 Å². The van der Waals surface area contributed by atoms with E-state index < -0.39 is 36.2 Å². The van der Waals surface area contributed by atoms with Gasteiger partial charge in [0.25, 0.3) is 0 Å². The Kier molecular flexibility index (Phi) is 15.3. The molecule has 290 valence electrons. The standard InChI is InChI=1S/C34H39N5O8.C2HF3O2/c1-21-5-3-4-6-26(21)37-34(46)38-27-12-7-22(17-29(27)47-2)18-30(40)35-25-10-8-23(9-11-25)28(19-31(41)42)36-33(45)24-13-15-39(16-14-24)20-32(43)44;3-2(4,5)1(6)7/h3-12,17,24,28H,13-16,18-20H2,1-2H3,(H,35,40)(H,36,45)(H,41,42)(H,43,44)(H2,37,38,46);(H,6,7)/t28-;/m1./s1. The third-order valence-corrected chi connectivity index (χ3v) is 8.12. The lowest BCUT2D eigenvalue weighted by Crippen LogP contribution is -2.43. The van der Waals surface area contributed by atoms with Gasteiger partial charge < -0.3 is 41.3 Å². The molecule has 0 spiro atoms. The smallest absolute Gasteiger partial charge is 0.490 e. The maximum absolute atomic E-state index is 13.0. The van der Waals surface area contributed by atoms with Gasteiger partial charge in [-0.25, -0.2) is 9.59 Å². The van der Waals surface area contributed by atoms with Gasteiger partial charge in [-0.3, -0.25) is 24.1 Å². The summed E-state index contributed by atoms with van der Waals surface area (Å²) in [5.41, 5.74) is 3.74. The van der Waals surface area contributed by atoms with Gasteiger partial charge in [-0.1, -0.05) is 36.4 Å². The monoisotopic (exact) mass is 759 g/mol. The Morgan fingerprint density at radius 3 is 2.02 bits per heavy atom. The zero-order valence-electron chi connectivity index (χ0n) is 29.2. The van der Waals surface area contributed by atoms with Crippen molar-refractivity contribution in [3.8, 4) is 5.75 Å². The number of anilines is 3. The first-order valence-electron chi connectivity index (χ1n) is 16.4. The van der Waals surface area contributed by atoms with Crippen molar-refractivity contribution in [1.82, 2.24) is 10.2 Å². The second kappa shape index (κ2) is 19.6. The molecule has 3 aromatic carbocycles. The molecule has 1 aliphatic heterocycles. The van der Waals surface area contributed by atoms with Crippen molar-refractivity contribution >= 4 is 52.8 Å². The van der Waals surface area contributed by atoms with Crippen molar-refractivity contribution in [2.75, 3.05) is 42.7 Å². The Morgan fingerprint density at radius 1 is 0.852 bits per heavy atom. The Hall–Kier alpha value is -6.17. The maximum atomic E-state index is 13.0. The molecule has 1 aliphatic rings. The number of alkyl halides is 3. The fraction of sp³-hybridized carbons (Fsp3) is 0.333. The van der Waals surface area contributed by atoms with Gasteiger partial charge in [0.2, 0.25) is 11.8 Å². The van der Waals surface area contributed by atoms with Crippen LogP contribution < -0.4 is 26.0 Å². The molecule has 0 radical (unpaired) electrons. The minimum Gasteiger partial charge on any atom is -0.495 e. The number of benzene rings is 3. The molecule has 0 aromatic heterocycles. The lowest BCUT2D eigenvalue weighted by atomic mass is 9.94. The fourth-order valence-corrected chi connectivity index (χ4v) is 5.39. The van der Waals surface area contributed by atoms with Crippen molar-refractivity contribution in [3.63, 3.8) is 0 Å². The second-order valence-electron chi connectivity index (χ2n) is 12.2. The van der Waals surface area contributed by atoms with E-state index in [0.717, 1.165) is 5.56 Å². The van der Waals surface area contributed by atoms with Gasteiger partial charge in [-0.05, 0) is 79.9 Å². The molecule has 1 heterocycles. The number of ether oxygens (including phenoxy) is 1. The number of nitrogens with one attached hydrogen (secondary N) is 4. The van der Waals surface area contributed by atoms with Gasteiger partial charge in [0.15, 0.2) is 0 Å². The molecule has 18 heteroatoms. The number of amides is 4. The molecule has 0 saturated carbocycles. The van der Waals surface area contributed by atoms with Crippen LogP contribution in [-0.4, -0.2) is 88.9 Å². The molecule has 1 saturated heterocycles. The number of aliphatic carboxylic acids is 3. The zero-order chi connectivity index (χ0) is 40.0. The van der Waals surface area contributed by atoms with E-state index in [0.29, 0.717) is 59.9 Å². The number of rotatable bonds is 13. The van der Waals surface area contributed by atoms with Crippen LogP contribution in [0.5, 0.6) is 5.75 Å². The van der Waals surface area contributed by atoms with E-state index in [1.165, 1.54) is 7.11 Å². The molecule has 54 heavy (non-hydrogen) atoms. The van der Waals surface area contributed by atoms with Gasteiger partial charge in [-0.2, -0.15) is 13.2 Å². The summed E-state index contributed by atoms with van der Waals surface area (Å²) in [5, 5.41) is 36.8. The van der Waals surface area contributed by atoms with E-state index in [2.05, 4.69) is 21.3 Å². The number of para-hydroxylation sites is 1. The van der Waals surface area contributed by atoms with Gasteiger partial charge in [0, 0.05) is 17.3 Å². The van der Waals surface area contributed by atoms with Gasteiger partial charge >= 0.3 is 30.1 Å². The SMILES string of the molecule is COc1cc(CC(=O)Nc2ccc([C@@H](CC(=O)O)NC(=O)C3CCN(CC(=O)O)CC3)cc2)ccc1NC(=O)Nc1ccccc1C.O=C(O)C(F)(F)F. The summed E-state index contributed by atoms with van der Waals surface area (Å²) in [7, 11) is 1.47. The number of halogens is 3. The highest BCUT2D eigenvalue weighted by molar-refractivity contribution is 6.01. The van der Waals surface area contributed by atoms with Crippen LogP contribution in [0, 0.1) is 12.8 Å². The van der Waals surface area contributed by atoms with E-state index >= 15 is 0 Å². The summed E-state index contributed by atoms with van der Waals surface area (Å²) in [5.74, 6) is -5.28. The predicted octanol–water partition coefficient (Wildman–Crippen LogP) is 4.89. The summed E-state index contributed by atoms with van der Waals surface area (Å²) in [6.07, 6.45) is -4.41. The molecular formula is C36H40F3N5O10. The fourth-order valence-electron chi connectivity index (χ4n) is 5.39. The summed E-state index contributed by atoms with van der Waals surface area (Å²) in [6.45, 7) is 2.76. The number of urea groups is 1. The van der Waals surface area contributed by atoms with Gasteiger partial charge in [0.05, 0.1) is 38.2 Å². The largest absolute Gasteiger partial charge is 0.495 e. The minimum atomic E-state index is -5.08. The zero-order valence-corrected chi connectivity index (χ0v) is 29.2. The number of carbonyl (C=O) groups is 6. The number of methoxy groups -OCH3 is 1. The molecule has 4 amide bonds. The van der Waals surface area contributed by atoms with Crippen LogP contribution >= 0.6 is 0 Å². The maximum Gasteiger partial charge on any atom is 0.490 e. The molecule has 0 aliphatic carbocycles. The van der Waals surface area contributed by atoms with Gasteiger partial charge in [-0.15, -0.1) is 0 Å². The summed E-state index contributed by atoms with van der Waals surface area (Å²) in [4.78, 5) is 71.5. The first-order valence-corrected chi connectivity index (χ1v) is 16.4. The van der Waals surface area contributed by atoms with Crippen molar-refractivity contribution in [2.45, 2.75) is 44.8 Å². The lowest BCUT2D eigenvalue weighted by molar-refractivity contribution is -0.192. The molecule has 7 N–H and O–H groups in total. The Labute approximate surface area is 307 Å². The minimum absolute atomic E-state index is 0.0246. The second-order valence-corrected chi connectivity index (χ2v) is 12.2. The first-order chi connectivity index (χ1) is 25.4. The van der Waals surface area contributed by atoms with E-state index in [4.69, 9.17) is 19.7 Å². The van der Waals surface area contributed by atoms with Crippen LogP contribution in [0.15, 0.2) is 66.7 Å². The number of aryl methyl sites for hydroxylation is 1. The number of hydrogen-bond donors (Lipinski definition) is 7. The van der Waals surface area contributed by atoms with Crippen LogP contribution in [0.25, 0.3) is 0 Å². The first kappa shape index (κ1) is 42.2. The Bertz CT molecular complexity index is 1810. The van der Waals surface area contributed by atoms with E-state index in [1.54, 1.807) is 53.4 Å². The topological polar surface area (TPSA) is 224 Å². The third kappa shape index (κ3) is 13.8. The molecule has 1 fully saturated rings. The Balaban J connectivity index is 0.00000102. The molecule has 3 aromatic rings. The molecular weight excluding hydrogens is 719 g/mol. The summed E-state index contributed by atoms with van der Waals surface area (Å²) >= 11 is 0. The Morgan fingerprint density at radius 2 is 1.46 bits per heavy atom. The molecule has 4 rings (SSSR count). The number of carboxylic acids is 3. The van der Waals surface area contributed by atoms with E-state index in [-0.39, 0.29) is 37.1 Å². The number of piperidine rings is 1. The number of nitrogens with zero attached hydrogens (tertiary/aromatic N) is 1. The quantitative estimate of drug-likeness (QED) is 0.124. The average Bonchev–Trinajstić information content (AvgIpc) is 3.09. The average molecular weight is 760 g/mol. The van der Waals surface area contributed by atoms with Crippen LogP contribution in [0.1, 0.15) is 42.0 Å². The normalized spacial score (nSPS) is 13.6. The highest BCUT2D eigenvalue weighted by atomic mass is 19.4. The van der Waals surface area contributed by atoms with Crippen molar-refractivity contribution in [1.29, 1.82) is 0 Å². The highest BCUT2D eigenvalue weighted by Gasteiger charge is 2.38. The molecule has 0 unspecified atom stereocenters. The molecule has 15 nitrogen and oxygen atoms in total. The molecule has 0 bridgehead atoms. The number of carbonyl (C=O) groups excluding carboxylic acids is 3. The van der Waals surface area contributed by atoms with E-state index in [9.17, 15) is 42.3 Å². The highest BCUT2D eigenvalue weighted by Crippen LogP contribution is 2.27. The number of hydrogen-bond acceptors (Lipinski definition) is 8. The van der Waals surface area contributed by atoms with Gasteiger partial charge in [0.1, 0.15) is 5.75 Å². The summed E-state index contributed by atoms with van der Waals surface area (Å²) < 4.78 is 37.2. The lowest BCUT2D eigenvalue weighted by Gasteiger charge is -2.31. The number of likely N-dealkylation sites (tertiary alicyclic amines) is 1. The van der Waals surface area contributed by atoms with Crippen molar-refractivity contribution in [3.05, 3.63) is 83.4 Å². The van der Waals surface area contributed by atoms with Crippen LogP contribution in [0.3, 0.4) is 0 Å². The predicted molar refractivity (Wildman–Crippen MR) is 189 cm³/mol. The summed E-state index contributed by atoms with van der Waals surface area (Å²) in [6, 6.07) is 17.8. The number of carboxylic acid groups (broad SMARTS) is 3. The van der Waals surface area contributed by atoms with Crippen LogP contribution in [0.2, 0.25) is 0 Å². The van der Waals surface area contributed by atoms with Crippen molar-refractivity contribution < 1.29 is 62.0 Å². The van der Waals surface area contributed by atoms with Crippen LogP contribution in [0.4, 0.5) is 35.0 Å². The third-order valence-electron chi connectivity index (χ3n) is 8.12. The van der Waals surface area contributed by atoms with Crippen LogP contribution in [-0.2, 0) is 30.4 Å². The van der Waals surface area contributed by atoms with Crippen molar-refractivity contribution in [2.24, 2.45) is 5.92 Å². The molecule has 1 atom stereocenters.